The Kier molecular flexibility index (Phi) is 6.65. The molecule has 1 saturated heterocycles. The lowest BCUT2D eigenvalue weighted by Crippen LogP contribution is -2.25. The van der Waals surface area contributed by atoms with E-state index in [2.05, 4.69) is 19.1 Å². The predicted molar refractivity (Wildman–Crippen MR) is 98.0 cm³/mol. The van der Waals surface area contributed by atoms with Gasteiger partial charge in [-0.25, -0.2) is 4.79 Å². The highest BCUT2D eigenvalue weighted by molar-refractivity contribution is 5.88. The summed E-state index contributed by atoms with van der Waals surface area (Å²) in [6.45, 7) is 10.1. The van der Waals surface area contributed by atoms with Crippen LogP contribution in [-0.2, 0) is 25.6 Å². The Bertz CT molecular complexity index is 598. The molecule has 138 valence electrons. The van der Waals surface area contributed by atoms with Crippen molar-refractivity contribution in [1.29, 1.82) is 0 Å². The second-order valence-electron chi connectivity index (χ2n) is 7.67. The van der Waals surface area contributed by atoms with Gasteiger partial charge in [-0.3, -0.25) is 0 Å². The highest BCUT2D eigenvalue weighted by Crippen LogP contribution is 2.30. The number of ether oxygens (including phenoxy) is 3. The van der Waals surface area contributed by atoms with Crippen LogP contribution in [-0.4, -0.2) is 23.8 Å². The fraction of sp³-hybridized carbons (Fsp3) is 0.571. The van der Waals surface area contributed by atoms with E-state index >= 15 is 0 Å². The molecule has 4 heteroatoms. The molecule has 1 fully saturated rings. The first kappa shape index (κ1) is 19.5. The molecule has 1 aliphatic heterocycles. The standard InChI is InChI=1S/C21H30O4/c1-15(23-14-17-9-7-6-8-10-17)13-18-11-12-19(24-18)16(2)20(22)25-21(3,4)5/h6-10,15,18H,11-14H2,1-5H3/b19-16-/t15-,18-/m0/s1. The zero-order valence-corrected chi connectivity index (χ0v) is 16.0. The van der Waals surface area contributed by atoms with Crippen LogP contribution in [0.15, 0.2) is 41.7 Å². The van der Waals surface area contributed by atoms with Crippen LogP contribution in [0.2, 0.25) is 0 Å². The van der Waals surface area contributed by atoms with Crippen LogP contribution in [0.1, 0.15) is 59.4 Å². The minimum absolute atomic E-state index is 0.0955. The molecule has 0 aliphatic carbocycles. The molecule has 0 bridgehead atoms. The Hall–Kier alpha value is -1.81. The number of allylic oxidation sites excluding steroid dienone is 1. The van der Waals surface area contributed by atoms with Gasteiger partial charge < -0.3 is 14.2 Å². The van der Waals surface area contributed by atoms with Crippen molar-refractivity contribution in [2.45, 2.75) is 78.3 Å². The number of carbonyl (C=O) groups is 1. The van der Waals surface area contributed by atoms with E-state index in [4.69, 9.17) is 14.2 Å². The summed E-state index contributed by atoms with van der Waals surface area (Å²) in [6, 6.07) is 10.1. The van der Waals surface area contributed by atoms with Crippen molar-refractivity contribution < 1.29 is 19.0 Å². The maximum absolute atomic E-state index is 12.1. The highest BCUT2D eigenvalue weighted by Gasteiger charge is 2.28. The molecule has 0 N–H and O–H groups in total. The Morgan fingerprint density at radius 2 is 1.96 bits per heavy atom. The van der Waals surface area contributed by atoms with Crippen molar-refractivity contribution in [1.82, 2.24) is 0 Å². The number of hydrogen-bond donors (Lipinski definition) is 0. The molecule has 1 aliphatic rings. The minimum Gasteiger partial charge on any atom is -0.494 e. The Labute approximate surface area is 151 Å². The van der Waals surface area contributed by atoms with Crippen LogP contribution < -0.4 is 0 Å². The summed E-state index contributed by atoms with van der Waals surface area (Å²) < 4.78 is 17.3. The summed E-state index contributed by atoms with van der Waals surface area (Å²) in [6.07, 6.45) is 2.71. The second kappa shape index (κ2) is 8.52. The maximum atomic E-state index is 12.1. The number of carbonyl (C=O) groups excluding carboxylic acids is 1. The van der Waals surface area contributed by atoms with Gasteiger partial charge in [-0.2, -0.15) is 0 Å². The van der Waals surface area contributed by atoms with Crippen molar-refractivity contribution in [3.63, 3.8) is 0 Å². The summed E-state index contributed by atoms with van der Waals surface area (Å²) in [5.74, 6) is 0.464. The van der Waals surface area contributed by atoms with E-state index in [-0.39, 0.29) is 18.2 Å². The molecule has 0 radical (unpaired) electrons. The molecular weight excluding hydrogens is 316 g/mol. The SMILES string of the molecule is C/C(C(=O)OC(C)(C)C)=C1\CC[C@@H](C[C@H](C)OCc2ccccc2)O1. The molecular formula is C21H30O4. The number of rotatable bonds is 6. The zero-order chi connectivity index (χ0) is 18.4. The highest BCUT2D eigenvalue weighted by atomic mass is 16.6. The van der Waals surface area contributed by atoms with Gasteiger partial charge in [0, 0.05) is 12.8 Å². The van der Waals surface area contributed by atoms with Crippen LogP contribution in [0.3, 0.4) is 0 Å². The molecule has 4 nitrogen and oxygen atoms in total. The largest absolute Gasteiger partial charge is 0.494 e. The first-order chi connectivity index (χ1) is 11.7. The van der Waals surface area contributed by atoms with Gasteiger partial charge in [0.05, 0.1) is 18.3 Å². The molecule has 0 saturated carbocycles. The monoisotopic (exact) mass is 346 g/mol. The van der Waals surface area contributed by atoms with Gasteiger partial charge in [0.25, 0.3) is 0 Å². The van der Waals surface area contributed by atoms with E-state index in [1.54, 1.807) is 6.92 Å². The zero-order valence-electron chi connectivity index (χ0n) is 16.0. The third-order valence-electron chi connectivity index (χ3n) is 4.10. The molecule has 1 heterocycles. The third-order valence-corrected chi connectivity index (χ3v) is 4.10. The van der Waals surface area contributed by atoms with Crippen molar-refractivity contribution in [2.75, 3.05) is 0 Å². The summed E-state index contributed by atoms with van der Waals surface area (Å²) in [5.41, 5.74) is 1.26. The van der Waals surface area contributed by atoms with Gasteiger partial charge in [-0.05, 0) is 46.6 Å². The average Bonchev–Trinajstić information content (AvgIpc) is 3.00. The molecule has 1 aromatic rings. The quantitative estimate of drug-likeness (QED) is 0.549. The van der Waals surface area contributed by atoms with Crippen molar-refractivity contribution >= 4 is 5.97 Å². The van der Waals surface area contributed by atoms with Crippen molar-refractivity contribution in [3.05, 3.63) is 47.2 Å². The molecule has 0 aromatic heterocycles. The van der Waals surface area contributed by atoms with Crippen LogP contribution in [0.25, 0.3) is 0 Å². The van der Waals surface area contributed by atoms with Crippen molar-refractivity contribution in [3.8, 4) is 0 Å². The van der Waals surface area contributed by atoms with Crippen LogP contribution in [0, 0.1) is 0 Å². The van der Waals surface area contributed by atoms with E-state index in [9.17, 15) is 4.79 Å². The second-order valence-corrected chi connectivity index (χ2v) is 7.67. The number of hydrogen-bond acceptors (Lipinski definition) is 4. The van der Waals surface area contributed by atoms with Gasteiger partial charge in [-0.15, -0.1) is 0 Å². The normalized spacial score (nSPS) is 20.8. The van der Waals surface area contributed by atoms with Crippen molar-refractivity contribution in [2.24, 2.45) is 0 Å². The van der Waals surface area contributed by atoms with Crippen LogP contribution in [0.4, 0.5) is 0 Å². The molecule has 2 rings (SSSR count). The van der Waals surface area contributed by atoms with Gasteiger partial charge in [0.15, 0.2) is 0 Å². The lowest BCUT2D eigenvalue weighted by Gasteiger charge is -2.21. The maximum Gasteiger partial charge on any atom is 0.337 e. The predicted octanol–water partition coefficient (Wildman–Crippen LogP) is 4.78. The smallest absolute Gasteiger partial charge is 0.337 e. The molecule has 0 amide bonds. The molecule has 0 spiro atoms. The van der Waals surface area contributed by atoms with Gasteiger partial charge in [-0.1, -0.05) is 30.3 Å². The first-order valence-corrected chi connectivity index (χ1v) is 9.00. The van der Waals surface area contributed by atoms with Crippen LogP contribution in [0.5, 0.6) is 0 Å². The van der Waals surface area contributed by atoms with Gasteiger partial charge in [0.1, 0.15) is 17.5 Å². The van der Waals surface area contributed by atoms with Gasteiger partial charge in [0.2, 0.25) is 0 Å². The Morgan fingerprint density at radius 3 is 2.60 bits per heavy atom. The molecule has 25 heavy (non-hydrogen) atoms. The first-order valence-electron chi connectivity index (χ1n) is 9.00. The van der Waals surface area contributed by atoms with Gasteiger partial charge >= 0.3 is 5.97 Å². The lowest BCUT2D eigenvalue weighted by molar-refractivity contribution is -0.150. The molecule has 2 atom stereocenters. The summed E-state index contributed by atoms with van der Waals surface area (Å²) >= 11 is 0. The van der Waals surface area contributed by atoms with Crippen LogP contribution >= 0.6 is 0 Å². The number of benzene rings is 1. The number of esters is 1. The fourth-order valence-electron chi connectivity index (χ4n) is 2.77. The lowest BCUT2D eigenvalue weighted by atomic mass is 10.1. The fourth-order valence-corrected chi connectivity index (χ4v) is 2.77. The summed E-state index contributed by atoms with van der Waals surface area (Å²) in [5, 5.41) is 0. The third kappa shape index (κ3) is 6.54. The minimum atomic E-state index is -0.489. The van der Waals surface area contributed by atoms with E-state index in [1.807, 2.05) is 39.0 Å². The topological polar surface area (TPSA) is 44.8 Å². The van der Waals surface area contributed by atoms with E-state index in [1.165, 1.54) is 5.56 Å². The Balaban J connectivity index is 1.81. The molecule has 1 aromatic carbocycles. The summed E-state index contributed by atoms with van der Waals surface area (Å²) in [7, 11) is 0. The summed E-state index contributed by atoms with van der Waals surface area (Å²) in [4.78, 5) is 12.1. The van der Waals surface area contributed by atoms with E-state index < -0.39 is 5.60 Å². The van der Waals surface area contributed by atoms with E-state index in [0.29, 0.717) is 12.2 Å². The molecule has 0 unspecified atom stereocenters. The van der Waals surface area contributed by atoms with E-state index in [0.717, 1.165) is 25.0 Å². The Morgan fingerprint density at radius 1 is 1.28 bits per heavy atom. The average molecular weight is 346 g/mol.